The molecule has 260 valence electrons. The summed E-state index contributed by atoms with van der Waals surface area (Å²) in [5.41, 5.74) is -6.65. The smallest absolute Gasteiger partial charge is 0.349 e. The van der Waals surface area contributed by atoms with Gasteiger partial charge in [-0.1, -0.05) is 30.3 Å². The number of benzene rings is 3. The van der Waals surface area contributed by atoms with Crippen LogP contribution in [0.25, 0.3) is 0 Å². The highest BCUT2D eigenvalue weighted by Crippen LogP contribution is 2.54. The maximum absolute atomic E-state index is 14.6. The summed E-state index contributed by atoms with van der Waals surface area (Å²) in [4.78, 5) is 29.7. The predicted octanol–water partition coefficient (Wildman–Crippen LogP) is 6.96. The highest BCUT2D eigenvalue weighted by atomic mass is 32.2. The molecule has 0 radical (unpaired) electrons. The van der Waals surface area contributed by atoms with Crippen molar-refractivity contribution in [2.75, 3.05) is 39.3 Å². The first-order valence-electron chi connectivity index (χ1n) is 14.9. The summed E-state index contributed by atoms with van der Waals surface area (Å²) in [6, 6.07) is 12.8. The second-order valence-electron chi connectivity index (χ2n) is 11.6. The quantitative estimate of drug-likeness (QED) is 0.187. The molecule has 3 aromatic rings. The maximum atomic E-state index is 14.6. The van der Waals surface area contributed by atoms with Crippen molar-refractivity contribution < 1.29 is 49.4 Å². The number of nitriles is 1. The fourth-order valence-electron chi connectivity index (χ4n) is 5.93. The Morgan fingerprint density at radius 2 is 1.51 bits per heavy atom. The van der Waals surface area contributed by atoms with E-state index in [4.69, 9.17) is 5.26 Å². The van der Waals surface area contributed by atoms with Crippen molar-refractivity contribution in [3.63, 3.8) is 0 Å². The summed E-state index contributed by atoms with van der Waals surface area (Å²) < 4.78 is 119. The van der Waals surface area contributed by atoms with Crippen LogP contribution in [0.2, 0.25) is 0 Å². The number of amides is 3. The molecule has 2 aliphatic heterocycles. The second kappa shape index (κ2) is 13.9. The monoisotopic (exact) mass is 712 g/mol. The van der Waals surface area contributed by atoms with Gasteiger partial charge in [0.2, 0.25) is 6.41 Å². The number of carbonyl (C=O) groups excluding carboxylic acids is 2. The third-order valence-electron chi connectivity index (χ3n) is 8.61. The van der Waals surface area contributed by atoms with Crippen molar-refractivity contribution in [3.05, 3.63) is 101 Å². The lowest BCUT2D eigenvalue weighted by Gasteiger charge is -2.38. The van der Waals surface area contributed by atoms with Gasteiger partial charge < -0.3 is 19.4 Å². The van der Waals surface area contributed by atoms with Crippen LogP contribution in [0.5, 0.6) is 0 Å². The molecule has 0 spiro atoms. The fourth-order valence-corrected chi connectivity index (χ4v) is 7.32. The molecule has 49 heavy (non-hydrogen) atoms. The average molecular weight is 713 g/mol. The molecular weight excluding hydrogens is 684 g/mol. The minimum absolute atomic E-state index is 0.0271. The van der Waals surface area contributed by atoms with E-state index < -0.39 is 52.1 Å². The molecule has 5 rings (SSSR count). The van der Waals surface area contributed by atoms with Crippen LogP contribution in [0.4, 0.5) is 39.9 Å². The normalized spacial score (nSPS) is 18.8. The van der Waals surface area contributed by atoms with Crippen LogP contribution in [0.1, 0.15) is 28.7 Å². The van der Waals surface area contributed by atoms with Gasteiger partial charge in [0.1, 0.15) is 11.6 Å². The van der Waals surface area contributed by atoms with Gasteiger partial charge in [0.25, 0.3) is 5.60 Å². The molecule has 0 N–H and O–H groups in total. The lowest BCUT2D eigenvalue weighted by Crippen LogP contribution is -2.55. The number of hydrogen-bond acceptors (Lipinski definition) is 5. The molecule has 3 amide bonds. The van der Waals surface area contributed by atoms with Crippen molar-refractivity contribution >= 4 is 24.2 Å². The van der Waals surface area contributed by atoms with Crippen molar-refractivity contribution in [3.8, 4) is 6.07 Å². The van der Waals surface area contributed by atoms with E-state index in [2.05, 4.69) is 4.74 Å². The van der Waals surface area contributed by atoms with Crippen LogP contribution in [-0.4, -0.2) is 78.8 Å². The number of thioether (sulfide) groups is 1. The Kier molecular flexibility index (Phi) is 10.2. The number of rotatable bonds is 8. The first-order chi connectivity index (χ1) is 23.1. The van der Waals surface area contributed by atoms with Gasteiger partial charge in [-0.25, -0.2) is 13.6 Å². The molecule has 3 aromatic carbocycles. The van der Waals surface area contributed by atoms with E-state index in [1.165, 1.54) is 45.8 Å². The first kappa shape index (κ1) is 35.9. The Balaban J connectivity index is 1.49. The summed E-state index contributed by atoms with van der Waals surface area (Å²) in [5, 5.41) is 8.91. The Hall–Kier alpha value is -4.36. The lowest BCUT2D eigenvalue weighted by atomic mass is 9.88. The molecule has 2 fully saturated rings. The van der Waals surface area contributed by atoms with Crippen molar-refractivity contribution in [1.29, 1.82) is 5.26 Å². The van der Waals surface area contributed by atoms with Crippen LogP contribution >= 0.6 is 11.8 Å². The van der Waals surface area contributed by atoms with Crippen LogP contribution in [0.15, 0.2) is 71.6 Å². The Labute approximate surface area is 280 Å². The molecule has 0 bridgehead atoms. The van der Waals surface area contributed by atoms with Crippen LogP contribution in [0.3, 0.4) is 0 Å². The summed E-state index contributed by atoms with van der Waals surface area (Å²) in [6.45, 7) is 0.0473. The molecule has 2 saturated heterocycles. The number of alkyl halides is 6. The molecule has 0 saturated carbocycles. The zero-order valence-electron chi connectivity index (χ0n) is 25.5. The zero-order valence-corrected chi connectivity index (χ0v) is 26.3. The Bertz CT molecular complexity index is 1690. The van der Waals surface area contributed by atoms with Gasteiger partial charge in [0, 0.05) is 55.3 Å². The van der Waals surface area contributed by atoms with E-state index in [1.807, 2.05) is 0 Å². The Morgan fingerprint density at radius 3 is 2.06 bits per heavy atom. The molecule has 0 aliphatic carbocycles. The van der Waals surface area contributed by atoms with Gasteiger partial charge in [0.05, 0.1) is 23.0 Å². The standard InChI is InChI=1S/C33H28F8N4O3S/c34-26-7-9-27(10-8-26)49-30(11-12-45(20-30)29(47)44-15-13-43(21-46)14-16-44)24-3-5-25(6-4-24)31(32(36,37)38,33(39,40)41)48-19-23-2-1-22(18-42)17-28(23)35/h1-10,17,21H,11-16,19-20H2/t30-/m0/s1. The molecule has 7 nitrogen and oxygen atoms in total. The third-order valence-corrected chi connectivity index (χ3v) is 10.1. The number of hydrogen-bond donors (Lipinski definition) is 0. The second-order valence-corrected chi connectivity index (χ2v) is 13.1. The van der Waals surface area contributed by atoms with Crippen molar-refractivity contribution in [2.24, 2.45) is 0 Å². The van der Waals surface area contributed by atoms with Crippen LogP contribution < -0.4 is 0 Å². The highest BCUT2D eigenvalue weighted by Gasteiger charge is 2.73. The summed E-state index contributed by atoms with van der Waals surface area (Å²) in [7, 11) is 0. The van der Waals surface area contributed by atoms with Gasteiger partial charge in [0.15, 0.2) is 0 Å². The average Bonchev–Trinajstić information content (AvgIpc) is 3.50. The molecule has 2 heterocycles. The van der Waals surface area contributed by atoms with Gasteiger partial charge in [-0.3, -0.25) is 4.79 Å². The largest absolute Gasteiger partial charge is 0.430 e. The van der Waals surface area contributed by atoms with Crippen LogP contribution in [-0.2, 0) is 26.5 Å². The maximum Gasteiger partial charge on any atom is 0.430 e. The van der Waals surface area contributed by atoms with Crippen molar-refractivity contribution in [2.45, 2.75) is 40.6 Å². The minimum atomic E-state index is -6.04. The number of ether oxygens (including phenoxy) is 1. The number of urea groups is 1. The summed E-state index contributed by atoms with van der Waals surface area (Å²) >= 11 is 1.19. The van der Waals surface area contributed by atoms with Gasteiger partial charge >= 0.3 is 18.4 Å². The van der Waals surface area contributed by atoms with Gasteiger partial charge in [-0.2, -0.15) is 31.6 Å². The fraction of sp³-hybridized carbons (Fsp3) is 0.364. The molecule has 0 unspecified atom stereocenters. The molecule has 2 aliphatic rings. The third kappa shape index (κ3) is 7.18. The van der Waals surface area contributed by atoms with Gasteiger partial charge in [-0.15, -0.1) is 11.8 Å². The number of carbonyl (C=O) groups is 2. The van der Waals surface area contributed by atoms with E-state index in [9.17, 15) is 44.7 Å². The highest BCUT2D eigenvalue weighted by molar-refractivity contribution is 8.00. The van der Waals surface area contributed by atoms with Gasteiger partial charge in [-0.05, 0) is 48.4 Å². The van der Waals surface area contributed by atoms with Crippen LogP contribution in [0, 0.1) is 23.0 Å². The van der Waals surface area contributed by atoms with Crippen molar-refractivity contribution in [1.82, 2.24) is 14.7 Å². The topological polar surface area (TPSA) is 76.9 Å². The van der Waals surface area contributed by atoms with E-state index in [0.29, 0.717) is 48.2 Å². The summed E-state index contributed by atoms with van der Waals surface area (Å²) in [6.07, 6.45) is -11.1. The van der Waals surface area contributed by atoms with E-state index in [1.54, 1.807) is 11.0 Å². The lowest BCUT2D eigenvalue weighted by molar-refractivity contribution is -0.392. The minimum Gasteiger partial charge on any atom is -0.349 e. The molecule has 16 heteroatoms. The number of nitrogens with zero attached hydrogens (tertiary/aromatic N) is 4. The number of likely N-dealkylation sites (tertiary alicyclic amines) is 1. The zero-order chi connectivity index (χ0) is 35.6. The number of halogens is 8. The Morgan fingerprint density at radius 1 is 0.878 bits per heavy atom. The molecule has 1 atom stereocenters. The van der Waals surface area contributed by atoms with E-state index in [0.717, 1.165) is 24.3 Å². The number of piperazine rings is 1. The summed E-state index contributed by atoms with van der Waals surface area (Å²) in [5.74, 6) is -1.73. The SMILES string of the molecule is N#Cc1ccc(COC(c2ccc([C@]3(Sc4ccc(F)cc4)CCN(C(=O)N4CCN(C=O)CC4)C3)cc2)(C(F)(F)F)C(F)(F)F)c(F)c1. The first-order valence-corrected chi connectivity index (χ1v) is 15.7. The molecule has 0 aromatic heterocycles. The predicted molar refractivity (Wildman–Crippen MR) is 161 cm³/mol. The van der Waals surface area contributed by atoms with E-state index >= 15 is 0 Å². The van der Waals surface area contributed by atoms with E-state index in [-0.39, 0.29) is 44.2 Å². The molecular formula is C33H28F8N4O3S.